The highest BCUT2D eigenvalue weighted by Crippen LogP contribution is 2.28. The molecule has 2 aromatic heterocycles. The number of aryl methyl sites for hydroxylation is 1. The zero-order valence-corrected chi connectivity index (χ0v) is 10.4. The molecule has 92 valence electrons. The number of hydrogen-bond acceptors (Lipinski definition) is 3. The Morgan fingerprint density at radius 2 is 2.11 bits per heavy atom. The van der Waals surface area contributed by atoms with E-state index in [0.717, 1.165) is 22.4 Å². The summed E-state index contributed by atoms with van der Waals surface area (Å²) in [5.41, 5.74) is 9.16. The van der Waals surface area contributed by atoms with Crippen molar-refractivity contribution in [1.82, 2.24) is 9.55 Å². The van der Waals surface area contributed by atoms with Gasteiger partial charge >= 0.3 is 0 Å². The van der Waals surface area contributed by atoms with Crippen molar-refractivity contribution in [3.05, 3.63) is 47.9 Å². The maximum Gasteiger partial charge on any atom is 0.201 e. The van der Waals surface area contributed by atoms with E-state index in [2.05, 4.69) is 11.9 Å². The van der Waals surface area contributed by atoms with Crippen molar-refractivity contribution in [2.24, 2.45) is 0 Å². The van der Waals surface area contributed by atoms with Gasteiger partial charge in [-0.05, 0) is 37.6 Å². The van der Waals surface area contributed by atoms with Crippen molar-refractivity contribution in [2.75, 3.05) is 5.73 Å². The maximum absolute atomic E-state index is 6.04. The first-order chi connectivity index (χ1) is 8.68. The molecule has 0 aliphatic rings. The minimum absolute atomic E-state index is 0.0341. The highest BCUT2D eigenvalue weighted by atomic mass is 16.3. The summed E-state index contributed by atoms with van der Waals surface area (Å²) in [6.45, 7) is 4.09. The first-order valence-electron chi connectivity index (χ1n) is 5.95. The number of nitrogen functional groups attached to an aromatic ring is 1. The molecule has 4 heteroatoms. The molecule has 0 fully saturated rings. The van der Waals surface area contributed by atoms with Crippen LogP contribution < -0.4 is 5.73 Å². The van der Waals surface area contributed by atoms with Crippen LogP contribution in [0.1, 0.15) is 24.3 Å². The number of hydrogen-bond donors (Lipinski definition) is 1. The summed E-state index contributed by atoms with van der Waals surface area (Å²) < 4.78 is 7.45. The standard InChI is InChI=1S/C14H15N3O/c1-9-5-3-6-11-13(9)16-14(15)17(11)10(2)12-7-4-8-18-12/h3-8,10H,1-2H3,(H2,15,16). The Bertz CT molecular complexity index is 682. The summed E-state index contributed by atoms with van der Waals surface area (Å²) in [5.74, 6) is 1.39. The predicted molar refractivity (Wildman–Crippen MR) is 71.4 cm³/mol. The SMILES string of the molecule is Cc1cccc2c1nc(N)n2C(C)c1ccco1. The summed E-state index contributed by atoms with van der Waals surface area (Å²) >= 11 is 0. The number of rotatable bonds is 2. The van der Waals surface area contributed by atoms with Gasteiger partial charge in [-0.1, -0.05) is 12.1 Å². The fraction of sp³-hybridized carbons (Fsp3) is 0.214. The molecule has 0 saturated carbocycles. The van der Waals surface area contributed by atoms with Gasteiger partial charge in [-0.25, -0.2) is 4.98 Å². The van der Waals surface area contributed by atoms with Gasteiger partial charge in [-0.2, -0.15) is 0 Å². The molecule has 0 saturated heterocycles. The van der Waals surface area contributed by atoms with E-state index in [1.54, 1.807) is 6.26 Å². The molecule has 3 rings (SSSR count). The fourth-order valence-corrected chi connectivity index (χ4v) is 2.34. The summed E-state index contributed by atoms with van der Waals surface area (Å²) in [6, 6.07) is 9.95. The molecule has 0 bridgehead atoms. The average molecular weight is 241 g/mol. The zero-order chi connectivity index (χ0) is 12.7. The van der Waals surface area contributed by atoms with Crippen LogP contribution in [0, 0.1) is 6.92 Å². The van der Waals surface area contributed by atoms with Gasteiger partial charge < -0.3 is 10.2 Å². The lowest BCUT2D eigenvalue weighted by atomic mass is 10.2. The molecule has 1 aromatic carbocycles. The molecule has 3 aromatic rings. The Labute approximate surface area is 105 Å². The van der Waals surface area contributed by atoms with Crippen LogP contribution in [0.2, 0.25) is 0 Å². The van der Waals surface area contributed by atoms with Gasteiger partial charge in [0.15, 0.2) is 0 Å². The largest absolute Gasteiger partial charge is 0.467 e. The smallest absolute Gasteiger partial charge is 0.201 e. The molecule has 2 N–H and O–H groups in total. The fourth-order valence-electron chi connectivity index (χ4n) is 2.34. The maximum atomic E-state index is 6.04. The highest BCUT2D eigenvalue weighted by molar-refractivity contribution is 5.81. The zero-order valence-electron chi connectivity index (χ0n) is 10.4. The van der Waals surface area contributed by atoms with Crippen molar-refractivity contribution in [1.29, 1.82) is 0 Å². The molecule has 0 spiro atoms. The number of furan rings is 1. The van der Waals surface area contributed by atoms with E-state index >= 15 is 0 Å². The lowest BCUT2D eigenvalue weighted by Crippen LogP contribution is -2.09. The molecule has 0 aliphatic carbocycles. The van der Waals surface area contributed by atoms with Gasteiger partial charge in [0.05, 0.1) is 23.3 Å². The van der Waals surface area contributed by atoms with E-state index < -0.39 is 0 Å². The Hall–Kier alpha value is -2.23. The van der Waals surface area contributed by atoms with Crippen LogP contribution in [0.5, 0.6) is 0 Å². The number of benzene rings is 1. The lowest BCUT2D eigenvalue weighted by molar-refractivity contribution is 0.453. The van der Waals surface area contributed by atoms with Gasteiger partial charge in [0, 0.05) is 0 Å². The third-order valence-corrected chi connectivity index (χ3v) is 3.29. The van der Waals surface area contributed by atoms with Crippen LogP contribution in [0.25, 0.3) is 11.0 Å². The third kappa shape index (κ3) is 1.49. The lowest BCUT2D eigenvalue weighted by Gasteiger charge is -2.13. The van der Waals surface area contributed by atoms with Crippen molar-refractivity contribution in [3.8, 4) is 0 Å². The van der Waals surface area contributed by atoms with Crippen molar-refractivity contribution in [3.63, 3.8) is 0 Å². The Kier molecular flexibility index (Phi) is 2.37. The molecule has 1 atom stereocenters. The van der Waals surface area contributed by atoms with E-state index in [0.29, 0.717) is 5.95 Å². The molecule has 18 heavy (non-hydrogen) atoms. The quantitative estimate of drug-likeness (QED) is 0.749. The molecule has 0 radical (unpaired) electrons. The number of fused-ring (bicyclic) bond motifs is 1. The van der Waals surface area contributed by atoms with Crippen molar-refractivity contribution in [2.45, 2.75) is 19.9 Å². The van der Waals surface area contributed by atoms with Crippen LogP contribution in [-0.4, -0.2) is 9.55 Å². The molecular weight excluding hydrogens is 226 g/mol. The normalized spacial score (nSPS) is 13.0. The van der Waals surface area contributed by atoms with Gasteiger partial charge in [-0.15, -0.1) is 0 Å². The third-order valence-electron chi connectivity index (χ3n) is 3.29. The molecule has 4 nitrogen and oxygen atoms in total. The first-order valence-corrected chi connectivity index (χ1v) is 5.95. The first kappa shape index (κ1) is 10.9. The van der Waals surface area contributed by atoms with Crippen LogP contribution >= 0.6 is 0 Å². The van der Waals surface area contributed by atoms with Crippen LogP contribution in [0.3, 0.4) is 0 Å². The van der Waals surface area contributed by atoms with Gasteiger partial charge in [0.2, 0.25) is 5.95 Å². The van der Waals surface area contributed by atoms with E-state index in [4.69, 9.17) is 10.2 Å². The average Bonchev–Trinajstić information content (AvgIpc) is 2.96. The summed E-state index contributed by atoms with van der Waals surface area (Å²) in [7, 11) is 0. The minimum atomic E-state index is 0.0341. The number of aromatic nitrogens is 2. The van der Waals surface area contributed by atoms with Crippen molar-refractivity contribution >= 4 is 17.0 Å². The topological polar surface area (TPSA) is 57.0 Å². The summed E-state index contributed by atoms with van der Waals surface area (Å²) in [4.78, 5) is 4.44. The molecule has 0 amide bonds. The second kappa shape index (κ2) is 3.91. The van der Waals surface area contributed by atoms with Gasteiger partial charge in [0.25, 0.3) is 0 Å². The monoisotopic (exact) mass is 241 g/mol. The Morgan fingerprint density at radius 3 is 2.83 bits per heavy atom. The number of nitrogens with two attached hydrogens (primary N) is 1. The Balaban J connectivity index is 2.23. The van der Waals surface area contributed by atoms with Crippen LogP contribution in [0.15, 0.2) is 41.0 Å². The minimum Gasteiger partial charge on any atom is -0.467 e. The van der Waals surface area contributed by atoms with E-state index in [1.165, 1.54) is 0 Å². The molecule has 1 unspecified atom stereocenters. The van der Waals surface area contributed by atoms with Crippen molar-refractivity contribution < 1.29 is 4.42 Å². The molecule has 2 heterocycles. The Morgan fingerprint density at radius 1 is 1.28 bits per heavy atom. The second-order valence-electron chi connectivity index (χ2n) is 4.47. The van der Waals surface area contributed by atoms with Gasteiger partial charge in [-0.3, -0.25) is 4.57 Å². The highest BCUT2D eigenvalue weighted by Gasteiger charge is 2.17. The van der Waals surface area contributed by atoms with Crippen LogP contribution in [0.4, 0.5) is 5.95 Å². The van der Waals surface area contributed by atoms with Gasteiger partial charge in [0.1, 0.15) is 5.76 Å². The number of anilines is 1. The number of nitrogens with zero attached hydrogens (tertiary/aromatic N) is 2. The van der Waals surface area contributed by atoms with E-state index in [-0.39, 0.29) is 6.04 Å². The van der Waals surface area contributed by atoms with Crippen LogP contribution in [-0.2, 0) is 0 Å². The molecular formula is C14H15N3O. The number of imidazole rings is 1. The van der Waals surface area contributed by atoms with E-state index in [1.807, 2.05) is 41.8 Å². The summed E-state index contributed by atoms with van der Waals surface area (Å²) in [6.07, 6.45) is 1.67. The summed E-state index contributed by atoms with van der Waals surface area (Å²) in [5, 5.41) is 0. The second-order valence-corrected chi connectivity index (χ2v) is 4.47. The van der Waals surface area contributed by atoms with E-state index in [9.17, 15) is 0 Å². The predicted octanol–water partition coefficient (Wildman–Crippen LogP) is 3.13. The molecule has 0 aliphatic heterocycles. The number of para-hydroxylation sites is 1.